The number of carbonyl (C=O) groups excluding carboxylic acids is 1. The van der Waals surface area contributed by atoms with Crippen molar-refractivity contribution in [2.24, 2.45) is 5.41 Å². The first-order valence-electron chi connectivity index (χ1n) is 7.50. The number of thiol groups is 1. The summed E-state index contributed by atoms with van der Waals surface area (Å²) in [6.07, 6.45) is 3.71. The van der Waals surface area contributed by atoms with E-state index in [-0.39, 0.29) is 17.4 Å². The van der Waals surface area contributed by atoms with Gasteiger partial charge >= 0.3 is 0 Å². The van der Waals surface area contributed by atoms with Crippen molar-refractivity contribution in [1.29, 1.82) is 0 Å². The molecule has 3 nitrogen and oxygen atoms in total. The van der Waals surface area contributed by atoms with E-state index in [1.165, 1.54) is 0 Å². The number of nitrogens with zero attached hydrogens (tertiary/aromatic N) is 1. The average Bonchev–Trinajstić information content (AvgIpc) is 3.27. The molecule has 0 spiro atoms. The van der Waals surface area contributed by atoms with Crippen molar-refractivity contribution in [3.63, 3.8) is 0 Å². The third-order valence-electron chi connectivity index (χ3n) is 4.58. The average molecular weight is 307 g/mol. The maximum absolute atomic E-state index is 12.4. The minimum Gasteiger partial charge on any atom is -0.496 e. The minimum atomic E-state index is 0.157. The van der Waals surface area contributed by atoms with E-state index >= 15 is 0 Å². The largest absolute Gasteiger partial charge is 0.496 e. The number of likely N-dealkylation sites (N-methyl/N-ethyl adjacent to an activating group) is 1. The van der Waals surface area contributed by atoms with Crippen LogP contribution in [0.2, 0.25) is 0 Å². The van der Waals surface area contributed by atoms with Crippen LogP contribution in [0, 0.1) is 5.41 Å². The van der Waals surface area contributed by atoms with E-state index in [0.717, 1.165) is 36.3 Å². The summed E-state index contributed by atoms with van der Waals surface area (Å²) in [5.41, 5.74) is 1.32. The molecule has 4 heteroatoms. The highest BCUT2D eigenvalue weighted by atomic mass is 32.1. The number of methoxy groups -OCH3 is 1. The highest BCUT2D eigenvalue weighted by Gasteiger charge is 2.43. The second-order valence-corrected chi connectivity index (χ2v) is 6.52. The van der Waals surface area contributed by atoms with Crippen LogP contribution in [0.25, 0.3) is 0 Å². The number of ether oxygens (including phenoxy) is 1. The minimum absolute atomic E-state index is 0.157. The Kier molecular flexibility index (Phi) is 5.20. The Morgan fingerprint density at radius 3 is 2.67 bits per heavy atom. The number of carbonyl (C=O) groups is 1. The monoisotopic (exact) mass is 307 g/mol. The molecule has 1 aromatic carbocycles. The van der Waals surface area contributed by atoms with Crippen LogP contribution in [-0.2, 0) is 11.2 Å². The van der Waals surface area contributed by atoms with Gasteiger partial charge in [0.05, 0.1) is 7.11 Å². The van der Waals surface area contributed by atoms with Gasteiger partial charge in [0.15, 0.2) is 0 Å². The third-order valence-corrected chi connectivity index (χ3v) is 5.25. The Morgan fingerprint density at radius 2 is 2.10 bits per heavy atom. The molecule has 0 aliphatic heterocycles. The molecule has 0 bridgehead atoms. The maximum Gasteiger partial charge on any atom is 0.223 e. The molecule has 0 radical (unpaired) electrons. The molecule has 2 rings (SSSR count). The molecule has 1 fully saturated rings. The lowest BCUT2D eigenvalue weighted by molar-refractivity contribution is -0.132. The maximum atomic E-state index is 12.4. The standard InChI is InChI=1S/C17H25NO2S/c1-13(10-14-6-4-5-7-15(14)20-3)18(2)16(19)11-17(12-21)8-9-17/h4-7,13,21H,8-12H2,1-3H3. The van der Waals surface area contributed by atoms with Gasteiger partial charge in [-0.2, -0.15) is 12.6 Å². The van der Waals surface area contributed by atoms with Crippen molar-refractivity contribution < 1.29 is 9.53 Å². The van der Waals surface area contributed by atoms with Crippen molar-refractivity contribution in [2.45, 2.75) is 38.6 Å². The molecule has 116 valence electrons. The van der Waals surface area contributed by atoms with Crippen molar-refractivity contribution in [1.82, 2.24) is 4.90 Å². The lowest BCUT2D eigenvalue weighted by Gasteiger charge is -2.27. The summed E-state index contributed by atoms with van der Waals surface area (Å²) in [6, 6.07) is 8.15. The summed E-state index contributed by atoms with van der Waals surface area (Å²) in [7, 11) is 3.58. The molecule has 0 aromatic heterocycles. The van der Waals surface area contributed by atoms with Gasteiger partial charge in [-0.3, -0.25) is 4.79 Å². The van der Waals surface area contributed by atoms with Crippen LogP contribution in [0.5, 0.6) is 5.75 Å². The van der Waals surface area contributed by atoms with Crippen LogP contribution in [0.3, 0.4) is 0 Å². The van der Waals surface area contributed by atoms with Crippen molar-refractivity contribution >= 4 is 18.5 Å². The van der Waals surface area contributed by atoms with Crippen LogP contribution in [-0.4, -0.2) is 36.8 Å². The molecule has 1 saturated carbocycles. The highest BCUT2D eigenvalue weighted by molar-refractivity contribution is 7.80. The van der Waals surface area contributed by atoms with E-state index in [1.807, 2.05) is 30.1 Å². The van der Waals surface area contributed by atoms with Gasteiger partial charge in [0.25, 0.3) is 0 Å². The fourth-order valence-corrected chi connectivity index (χ4v) is 3.01. The zero-order valence-corrected chi connectivity index (χ0v) is 14.0. The molecule has 21 heavy (non-hydrogen) atoms. The summed E-state index contributed by atoms with van der Waals surface area (Å²) < 4.78 is 5.38. The molecular formula is C17H25NO2S. The fraction of sp³-hybridized carbons (Fsp3) is 0.588. The molecule has 1 aliphatic carbocycles. The highest BCUT2D eigenvalue weighted by Crippen LogP contribution is 2.49. The lowest BCUT2D eigenvalue weighted by Crippen LogP contribution is -2.37. The van der Waals surface area contributed by atoms with Gasteiger partial charge in [0.1, 0.15) is 5.75 Å². The van der Waals surface area contributed by atoms with E-state index in [0.29, 0.717) is 6.42 Å². The van der Waals surface area contributed by atoms with E-state index in [2.05, 4.69) is 25.6 Å². The number of rotatable bonds is 7. The van der Waals surface area contributed by atoms with Gasteiger partial charge in [0.2, 0.25) is 5.91 Å². The van der Waals surface area contributed by atoms with Gasteiger partial charge in [-0.25, -0.2) is 0 Å². The summed E-state index contributed by atoms with van der Waals surface area (Å²) in [4.78, 5) is 14.3. The summed E-state index contributed by atoms with van der Waals surface area (Å²) in [6.45, 7) is 2.09. The number of para-hydroxylation sites is 1. The first-order valence-corrected chi connectivity index (χ1v) is 8.13. The zero-order chi connectivity index (χ0) is 15.5. The predicted molar refractivity (Wildman–Crippen MR) is 89.1 cm³/mol. The van der Waals surface area contributed by atoms with E-state index in [4.69, 9.17) is 4.74 Å². The predicted octanol–water partition coefficient (Wildman–Crippen LogP) is 3.18. The number of hydrogen-bond acceptors (Lipinski definition) is 3. The Morgan fingerprint density at radius 1 is 1.43 bits per heavy atom. The van der Waals surface area contributed by atoms with Crippen molar-refractivity contribution in [2.75, 3.05) is 19.9 Å². The Hall–Kier alpha value is -1.16. The quantitative estimate of drug-likeness (QED) is 0.784. The Balaban J connectivity index is 1.95. The van der Waals surface area contributed by atoms with E-state index in [1.54, 1.807) is 7.11 Å². The molecule has 0 N–H and O–H groups in total. The Bertz CT molecular complexity index is 499. The van der Waals surface area contributed by atoms with Gasteiger partial charge < -0.3 is 9.64 Å². The summed E-state index contributed by atoms with van der Waals surface area (Å²) >= 11 is 4.38. The van der Waals surface area contributed by atoms with E-state index in [9.17, 15) is 4.79 Å². The topological polar surface area (TPSA) is 29.5 Å². The molecule has 1 aromatic rings. The second-order valence-electron chi connectivity index (χ2n) is 6.20. The van der Waals surface area contributed by atoms with Gasteiger partial charge in [-0.05, 0) is 49.0 Å². The number of benzene rings is 1. The molecule has 1 aliphatic rings. The first kappa shape index (κ1) is 16.2. The van der Waals surface area contributed by atoms with Crippen LogP contribution in [0.1, 0.15) is 31.7 Å². The molecular weight excluding hydrogens is 282 g/mol. The van der Waals surface area contributed by atoms with E-state index < -0.39 is 0 Å². The second kappa shape index (κ2) is 6.73. The van der Waals surface area contributed by atoms with Crippen LogP contribution in [0.4, 0.5) is 0 Å². The molecule has 1 unspecified atom stereocenters. The number of hydrogen-bond donors (Lipinski definition) is 1. The first-order chi connectivity index (χ1) is 10.0. The zero-order valence-electron chi connectivity index (χ0n) is 13.1. The third kappa shape index (κ3) is 3.94. The smallest absolute Gasteiger partial charge is 0.223 e. The normalized spacial score (nSPS) is 17.1. The van der Waals surface area contributed by atoms with Crippen LogP contribution >= 0.6 is 12.6 Å². The number of amides is 1. The molecule has 1 atom stereocenters. The van der Waals surface area contributed by atoms with Gasteiger partial charge in [-0.1, -0.05) is 18.2 Å². The van der Waals surface area contributed by atoms with Crippen LogP contribution < -0.4 is 4.74 Å². The van der Waals surface area contributed by atoms with Gasteiger partial charge in [0, 0.05) is 19.5 Å². The molecule has 0 heterocycles. The summed E-state index contributed by atoms with van der Waals surface area (Å²) in [5.74, 6) is 1.93. The summed E-state index contributed by atoms with van der Waals surface area (Å²) in [5, 5.41) is 0. The van der Waals surface area contributed by atoms with Crippen molar-refractivity contribution in [3.05, 3.63) is 29.8 Å². The van der Waals surface area contributed by atoms with Crippen LogP contribution in [0.15, 0.2) is 24.3 Å². The fourth-order valence-electron chi connectivity index (χ4n) is 2.59. The van der Waals surface area contributed by atoms with Crippen molar-refractivity contribution in [3.8, 4) is 5.75 Å². The lowest BCUT2D eigenvalue weighted by atomic mass is 10.0. The SMILES string of the molecule is COc1ccccc1CC(C)N(C)C(=O)CC1(CS)CC1. The Labute approximate surface area is 133 Å². The van der Waals surface area contributed by atoms with Gasteiger partial charge in [-0.15, -0.1) is 0 Å². The molecule has 0 saturated heterocycles. The molecule has 1 amide bonds.